The number of aromatic nitrogens is 3. The summed E-state index contributed by atoms with van der Waals surface area (Å²) in [5, 5.41) is 7.67. The van der Waals surface area contributed by atoms with Crippen molar-refractivity contribution in [2.45, 2.75) is 38.2 Å². The molecule has 7 nitrogen and oxygen atoms in total. The van der Waals surface area contributed by atoms with E-state index in [1.54, 1.807) is 18.2 Å². The van der Waals surface area contributed by atoms with Crippen LogP contribution in [0, 0.1) is 0 Å². The first-order chi connectivity index (χ1) is 16.5. The van der Waals surface area contributed by atoms with Crippen LogP contribution in [0.15, 0.2) is 28.7 Å². The summed E-state index contributed by atoms with van der Waals surface area (Å²) in [7, 11) is 3.75. The first-order valence-electron chi connectivity index (χ1n) is 11.4. The Hall–Kier alpha value is -2.43. The van der Waals surface area contributed by atoms with Gasteiger partial charge < -0.3 is 15.0 Å². The number of aryl methyl sites for hydroxylation is 1. The van der Waals surface area contributed by atoms with Crippen LogP contribution in [0.2, 0.25) is 0 Å². The molecule has 0 atom stereocenters. The zero-order valence-corrected chi connectivity index (χ0v) is 20.8. The quantitative estimate of drug-likeness (QED) is 0.462. The number of nitrogens with zero attached hydrogens (tertiary/aromatic N) is 4. The molecule has 1 aromatic carbocycles. The fraction of sp³-hybridized carbons (Fsp3) is 0.458. The van der Waals surface area contributed by atoms with Crippen LogP contribution in [-0.4, -0.2) is 54.9 Å². The monoisotopic (exact) mass is 535 g/mol. The summed E-state index contributed by atoms with van der Waals surface area (Å²) in [5.74, 6) is 0.605. The van der Waals surface area contributed by atoms with E-state index in [4.69, 9.17) is 9.84 Å². The molecule has 0 unspecified atom stereocenters. The third-order valence-electron chi connectivity index (χ3n) is 6.02. The number of alkyl halides is 2. The van der Waals surface area contributed by atoms with Gasteiger partial charge in [-0.1, -0.05) is 15.9 Å². The van der Waals surface area contributed by atoms with Crippen LogP contribution in [0.4, 0.5) is 20.3 Å². The highest BCUT2D eigenvalue weighted by Crippen LogP contribution is 2.41. The van der Waals surface area contributed by atoms with Crippen molar-refractivity contribution in [1.29, 1.82) is 0 Å². The smallest absolute Gasteiger partial charge is 0.265 e. The largest absolute Gasteiger partial charge is 0.381 e. The van der Waals surface area contributed by atoms with E-state index < -0.39 is 6.43 Å². The summed E-state index contributed by atoms with van der Waals surface area (Å²) < 4.78 is 35.1. The number of aldehydes is 1. The molecule has 0 spiro atoms. The van der Waals surface area contributed by atoms with Crippen LogP contribution in [0.25, 0.3) is 11.0 Å². The van der Waals surface area contributed by atoms with Crippen molar-refractivity contribution >= 4 is 44.8 Å². The highest BCUT2D eigenvalue weighted by Gasteiger charge is 2.29. The highest BCUT2D eigenvalue weighted by molar-refractivity contribution is 9.10. The number of carbonyl (C=O) groups is 1. The molecule has 34 heavy (non-hydrogen) atoms. The van der Waals surface area contributed by atoms with Gasteiger partial charge in [0.1, 0.15) is 11.2 Å². The minimum atomic E-state index is -2.58. The minimum absolute atomic E-state index is 0.0413. The Labute approximate surface area is 205 Å². The lowest BCUT2D eigenvalue weighted by atomic mass is 9.99. The molecule has 2 aliphatic heterocycles. The SMILES string of the molecule is CNC.O=Cc1ccc2c(n1)c(N1CCCc3cc(Br)c(C(F)F)cc31)nn2C1CCOCC1. The van der Waals surface area contributed by atoms with Crippen LogP contribution in [0.5, 0.6) is 0 Å². The van der Waals surface area contributed by atoms with E-state index in [0.717, 1.165) is 42.5 Å². The topological polar surface area (TPSA) is 72.3 Å². The molecule has 0 bridgehead atoms. The maximum atomic E-state index is 13.6. The molecule has 4 heterocycles. The van der Waals surface area contributed by atoms with Crippen molar-refractivity contribution in [3.8, 4) is 0 Å². The van der Waals surface area contributed by atoms with E-state index in [1.807, 2.05) is 29.7 Å². The Balaban J connectivity index is 0.000000868. The zero-order valence-electron chi connectivity index (χ0n) is 19.2. The van der Waals surface area contributed by atoms with Gasteiger partial charge in [-0.2, -0.15) is 5.10 Å². The average molecular weight is 536 g/mol. The van der Waals surface area contributed by atoms with Gasteiger partial charge in [-0.25, -0.2) is 13.8 Å². The number of anilines is 2. The van der Waals surface area contributed by atoms with E-state index in [1.165, 1.54) is 0 Å². The van der Waals surface area contributed by atoms with Gasteiger partial charge in [0, 0.05) is 35.5 Å². The summed E-state index contributed by atoms with van der Waals surface area (Å²) in [6, 6.07) is 7.05. The third-order valence-corrected chi connectivity index (χ3v) is 6.71. The first kappa shape index (κ1) is 24.7. The van der Waals surface area contributed by atoms with Crippen LogP contribution in [-0.2, 0) is 11.2 Å². The average Bonchev–Trinajstić information content (AvgIpc) is 3.22. The molecule has 2 aromatic heterocycles. The maximum Gasteiger partial charge on any atom is 0.265 e. The predicted molar refractivity (Wildman–Crippen MR) is 131 cm³/mol. The number of fused-ring (bicyclic) bond motifs is 2. The number of benzene rings is 1. The molecule has 0 amide bonds. The van der Waals surface area contributed by atoms with E-state index >= 15 is 0 Å². The second kappa shape index (κ2) is 10.9. The summed E-state index contributed by atoms with van der Waals surface area (Å²) in [6.45, 7) is 1.98. The van der Waals surface area contributed by atoms with E-state index in [-0.39, 0.29) is 11.6 Å². The van der Waals surface area contributed by atoms with E-state index in [9.17, 15) is 13.6 Å². The lowest BCUT2D eigenvalue weighted by molar-refractivity contribution is 0.0675. The van der Waals surface area contributed by atoms with Crippen LogP contribution < -0.4 is 10.2 Å². The van der Waals surface area contributed by atoms with Gasteiger partial charge in [-0.15, -0.1) is 0 Å². The predicted octanol–water partition coefficient (Wildman–Crippen LogP) is 5.22. The fourth-order valence-electron chi connectivity index (χ4n) is 4.48. The maximum absolute atomic E-state index is 13.6. The highest BCUT2D eigenvalue weighted by atomic mass is 79.9. The summed E-state index contributed by atoms with van der Waals surface area (Å²) in [6.07, 6.45) is 1.48. The van der Waals surface area contributed by atoms with Gasteiger partial charge in [0.2, 0.25) is 0 Å². The lowest BCUT2D eigenvalue weighted by Gasteiger charge is -2.30. The van der Waals surface area contributed by atoms with Crippen molar-refractivity contribution < 1.29 is 18.3 Å². The van der Waals surface area contributed by atoms with Gasteiger partial charge in [-0.3, -0.25) is 9.48 Å². The van der Waals surface area contributed by atoms with Gasteiger partial charge in [0.05, 0.1) is 11.6 Å². The second-order valence-electron chi connectivity index (χ2n) is 8.39. The second-order valence-corrected chi connectivity index (χ2v) is 9.25. The molecular formula is C24H28BrF2N5O2. The number of pyridine rings is 1. The third kappa shape index (κ3) is 4.85. The molecule has 1 fully saturated rings. The molecule has 0 saturated carbocycles. The molecule has 1 saturated heterocycles. The molecule has 2 aliphatic rings. The molecule has 182 valence electrons. The van der Waals surface area contributed by atoms with Crippen molar-refractivity contribution in [3.05, 3.63) is 45.6 Å². The summed E-state index contributed by atoms with van der Waals surface area (Å²) >= 11 is 3.29. The number of rotatable bonds is 4. The van der Waals surface area contributed by atoms with Crippen molar-refractivity contribution in [3.63, 3.8) is 0 Å². The Morgan fingerprint density at radius 1 is 1.24 bits per heavy atom. The number of ether oxygens (including phenoxy) is 1. The lowest BCUT2D eigenvalue weighted by Crippen LogP contribution is -2.26. The van der Waals surface area contributed by atoms with Crippen molar-refractivity contribution in [2.75, 3.05) is 38.8 Å². The molecule has 5 rings (SSSR count). The van der Waals surface area contributed by atoms with Gasteiger partial charge in [0.15, 0.2) is 12.1 Å². The number of carbonyl (C=O) groups excluding carboxylic acids is 1. The van der Waals surface area contributed by atoms with Gasteiger partial charge >= 0.3 is 0 Å². The molecule has 3 aromatic rings. The van der Waals surface area contributed by atoms with Crippen molar-refractivity contribution in [1.82, 2.24) is 20.1 Å². The Bertz CT molecular complexity index is 1160. The summed E-state index contributed by atoms with van der Waals surface area (Å²) in [4.78, 5) is 17.9. The standard InChI is InChI=1S/C22H21BrF2N4O2.C2H7N/c23-17-10-13-2-1-7-28(19(13)11-16(17)21(24)25)22-20-18(4-3-14(12-30)26-20)29(27-22)15-5-8-31-9-6-15;1-3-2/h3-4,10-12,15,21H,1-2,5-9H2;3H,1-2H3. The van der Waals surface area contributed by atoms with Gasteiger partial charge in [-0.05, 0) is 69.6 Å². The number of hydrogen-bond acceptors (Lipinski definition) is 6. The van der Waals surface area contributed by atoms with E-state index in [2.05, 4.69) is 26.2 Å². The molecule has 10 heteroatoms. The Morgan fingerprint density at radius 3 is 2.65 bits per heavy atom. The Morgan fingerprint density at radius 2 is 1.97 bits per heavy atom. The minimum Gasteiger partial charge on any atom is -0.381 e. The van der Waals surface area contributed by atoms with E-state index in [0.29, 0.717) is 47.5 Å². The Kier molecular flexibility index (Phi) is 7.90. The summed E-state index contributed by atoms with van der Waals surface area (Å²) in [5.41, 5.74) is 3.45. The van der Waals surface area contributed by atoms with Crippen LogP contribution in [0.3, 0.4) is 0 Å². The normalized spacial score (nSPS) is 16.4. The molecule has 1 N–H and O–H groups in total. The van der Waals surface area contributed by atoms with Crippen molar-refractivity contribution in [2.24, 2.45) is 0 Å². The molecule has 0 aliphatic carbocycles. The zero-order chi connectivity index (χ0) is 24.2. The van der Waals surface area contributed by atoms with Crippen LogP contribution >= 0.6 is 15.9 Å². The number of halogens is 3. The molecule has 0 radical (unpaired) electrons. The fourth-order valence-corrected chi connectivity index (χ4v) is 5.04. The molecular weight excluding hydrogens is 508 g/mol. The number of hydrogen-bond donors (Lipinski definition) is 1. The van der Waals surface area contributed by atoms with Crippen LogP contribution in [0.1, 0.15) is 53.3 Å². The first-order valence-corrected chi connectivity index (χ1v) is 12.2. The number of nitrogens with one attached hydrogen (secondary N) is 1. The van der Waals surface area contributed by atoms with Gasteiger partial charge in [0.25, 0.3) is 6.43 Å².